The molecule has 8 nitrogen and oxygen atoms in total. The van der Waals surface area contributed by atoms with Gasteiger partial charge in [0.2, 0.25) is 5.95 Å². The Morgan fingerprint density at radius 1 is 1.57 bits per heavy atom. The predicted octanol–water partition coefficient (Wildman–Crippen LogP) is 0.201. The van der Waals surface area contributed by atoms with Gasteiger partial charge in [-0.15, -0.1) is 0 Å². The second-order valence-corrected chi connectivity index (χ2v) is 2.07. The molecule has 0 unspecified atom stereocenters. The SMILES string of the molecule is O=C(O)N(C=NO)Nc1ncccn1. The largest absolute Gasteiger partial charge is 0.463 e. The van der Waals surface area contributed by atoms with Gasteiger partial charge in [-0.3, -0.25) is 5.43 Å². The summed E-state index contributed by atoms with van der Waals surface area (Å²) in [6.45, 7) is 0. The molecule has 3 N–H and O–H groups in total. The fourth-order valence-electron chi connectivity index (χ4n) is 0.642. The molecule has 0 radical (unpaired) electrons. The van der Waals surface area contributed by atoms with E-state index in [1.807, 2.05) is 0 Å². The minimum Gasteiger partial charge on any atom is -0.463 e. The fourth-order valence-corrected chi connectivity index (χ4v) is 0.642. The van der Waals surface area contributed by atoms with Gasteiger partial charge in [0.1, 0.15) is 0 Å². The van der Waals surface area contributed by atoms with Crippen LogP contribution in [0.15, 0.2) is 23.6 Å². The van der Waals surface area contributed by atoms with E-state index in [-0.39, 0.29) is 5.95 Å². The molecule has 1 aromatic heterocycles. The summed E-state index contributed by atoms with van der Waals surface area (Å²) < 4.78 is 0. The molecule has 1 amide bonds. The van der Waals surface area contributed by atoms with Gasteiger partial charge in [0.05, 0.1) is 0 Å². The van der Waals surface area contributed by atoms with E-state index in [0.717, 1.165) is 0 Å². The monoisotopic (exact) mass is 197 g/mol. The van der Waals surface area contributed by atoms with Gasteiger partial charge in [0.15, 0.2) is 6.34 Å². The normalized spacial score (nSPS) is 10.0. The predicted molar refractivity (Wildman–Crippen MR) is 45.8 cm³/mol. The maximum Gasteiger partial charge on any atom is 0.432 e. The lowest BCUT2D eigenvalue weighted by Crippen LogP contribution is -2.34. The zero-order valence-corrected chi connectivity index (χ0v) is 6.90. The highest BCUT2D eigenvalue weighted by Crippen LogP contribution is 1.96. The number of aromatic nitrogens is 2. The Balaban J connectivity index is 2.70. The van der Waals surface area contributed by atoms with E-state index < -0.39 is 6.09 Å². The number of nitrogens with one attached hydrogen (secondary N) is 1. The first kappa shape index (κ1) is 9.71. The molecule has 14 heavy (non-hydrogen) atoms. The topological polar surface area (TPSA) is 111 Å². The van der Waals surface area contributed by atoms with Crippen LogP contribution in [0.3, 0.4) is 0 Å². The molecular weight excluding hydrogens is 190 g/mol. The number of carbonyl (C=O) groups is 1. The van der Waals surface area contributed by atoms with Crippen molar-refractivity contribution in [1.82, 2.24) is 15.0 Å². The number of rotatable bonds is 3. The second kappa shape index (κ2) is 4.60. The molecular formula is C6H7N5O3. The molecule has 74 valence electrons. The van der Waals surface area contributed by atoms with Gasteiger partial charge in [0, 0.05) is 12.4 Å². The zero-order chi connectivity index (χ0) is 10.4. The standard InChI is InChI=1S/C6H7N5O3/c12-6(13)11(4-9-14)10-5-7-2-1-3-8-5/h1-4,14H,(H,12,13)(H,7,8,10). The maximum atomic E-state index is 10.5. The maximum absolute atomic E-state index is 10.5. The zero-order valence-electron chi connectivity index (χ0n) is 6.90. The van der Waals surface area contributed by atoms with Crippen LogP contribution in [0.25, 0.3) is 0 Å². The van der Waals surface area contributed by atoms with Crippen molar-refractivity contribution in [3.8, 4) is 0 Å². The van der Waals surface area contributed by atoms with Crippen molar-refractivity contribution >= 4 is 18.4 Å². The molecule has 0 aliphatic rings. The first-order valence-corrected chi connectivity index (χ1v) is 3.47. The van der Waals surface area contributed by atoms with Crippen molar-refractivity contribution in [3.05, 3.63) is 18.5 Å². The van der Waals surface area contributed by atoms with Crippen molar-refractivity contribution in [1.29, 1.82) is 0 Å². The molecule has 8 heteroatoms. The highest BCUT2D eigenvalue weighted by molar-refractivity contribution is 5.82. The Bertz CT molecular complexity index is 327. The van der Waals surface area contributed by atoms with Crippen LogP contribution in [-0.4, -0.2) is 37.7 Å². The number of carboxylic acid groups (broad SMARTS) is 1. The van der Waals surface area contributed by atoms with Gasteiger partial charge in [-0.2, -0.15) is 5.01 Å². The lowest BCUT2D eigenvalue weighted by Gasteiger charge is -2.12. The lowest BCUT2D eigenvalue weighted by molar-refractivity contribution is 0.174. The first-order chi connectivity index (χ1) is 6.74. The minimum atomic E-state index is -1.35. The number of oxime groups is 1. The molecule has 1 heterocycles. The quantitative estimate of drug-likeness (QED) is 0.276. The summed E-state index contributed by atoms with van der Waals surface area (Å²) in [4.78, 5) is 17.9. The van der Waals surface area contributed by atoms with Gasteiger partial charge >= 0.3 is 6.09 Å². The Kier molecular flexibility index (Phi) is 3.19. The third kappa shape index (κ3) is 2.59. The van der Waals surface area contributed by atoms with Crippen LogP contribution < -0.4 is 5.43 Å². The average Bonchev–Trinajstić information content (AvgIpc) is 2.18. The molecule has 0 aliphatic carbocycles. The summed E-state index contributed by atoms with van der Waals surface area (Å²) in [5.41, 5.74) is 2.28. The van der Waals surface area contributed by atoms with Gasteiger partial charge in [0.25, 0.3) is 0 Å². The van der Waals surface area contributed by atoms with Crippen molar-refractivity contribution in [2.24, 2.45) is 5.16 Å². The van der Waals surface area contributed by atoms with E-state index >= 15 is 0 Å². The minimum absolute atomic E-state index is 0.0785. The molecule has 1 rings (SSSR count). The highest BCUT2D eigenvalue weighted by atomic mass is 16.4. The number of hydrogen-bond acceptors (Lipinski definition) is 6. The number of nitrogens with zero attached hydrogens (tertiary/aromatic N) is 4. The first-order valence-electron chi connectivity index (χ1n) is 3.47. The number of anilines is 1. The van der Waals surface area contributed by atoms with E-state index in [4.69, 9.17) is 10.3 Å². The van der Waals surface area contributed by atoms with E-state index in [9.17, 15) is 4.79 Å². The average molecular weight is 197 g/mol. The van der Waals surface area contributed by atoms with Crippen LogP contribution in [0.5, 0.6) is 0 Å². The fraction of sp³-hybridized carbons (Fsp3) is 0. The van der Waals surface area contributed by atoms with Crippen molar-refractivity contribution < 1.29 is 15.1 Å². The number of hydrogen-bond donors (Lipinski definition) is 3. The van der Waals surface area contributed by atoms with E-state index in [1.165, 1.54) is 12.4 Å². The molecule has 0 aliphatic heterocycles. The van der Waals surface area contributed by atoms with E-state index in [2.05, 4.69) is 20.5 Å². The van der Waals surface area contributed by atoms with Gasteiger partial charge in [-0.1, -0.05) is 5.16 Å². The van der Waals surface area contributed by atoms with Gasteiger partial charge < -0.3 is 10.3 Å². The molecule has 0 atom stereocenters. The van der Waals surface area contributed by atoms with Crippen LogP contribution in [0.1, 0.15) is 0 Å². The Morgan fingerprint density at radius 2 is 2.21 bits per heavy atom. The van der Waals surface area contributed by atoms with Gasteiger partial charge in [-0.05, 0) is 6.07 Å². The summed E-state index contributed by atoms with van der Waals surface area (Å²) in [6, 6.07) is 1.58. The Labute approximate surface area is 78.5 Å². The third-order valence-corrected chi connectivity index (χ3v) is 1.16. The summed E-state index contributed by atoms with van der Waals surface area (Å²) in [7, 11) is 0. The molecule has 0 aromatic carbocycles. The summed E-state index contributed by atoms with van der Waals surface area (Å²) in [5, 5.41) is 19.8. The summed E-state index contributed by atoms with van der Waals surface area (Å²) in [6.07, 6.45) is 2.19. The van der Waals surface area contributed by atoms with Crippen molar-refractivity contribution in [3.63, 3.8) is 0 Å². The Morgan fingerprint density at radius 3 is 2.71 bits per heavy atom. The third-order valence-electron chi connectivity index (χ3n) is 1.16. The number of hydrazine groups is 1. The molecule has 0 saturated heterocycles. The molecule has 0 spiro atoms. The highest BCUT2D eigenvalue weighted by Gasteiger charge is 2.09. The van der Waals surface area contributed by atoms with Crippen LogP contribution >= 0.6 is 0 Å². The van der Waals surface area contributed by atoms with Crippen molar-refractivity contribution in [2.45, 2.75) is 0 Å². The summed E-state index contributed by atoms with van der Waals surface area (Å²) >= 11 is 0. The van der Waals surface area contributed by atoms with Crippen LogP contribution in [-0.2, 0) is 0 Å². The number of amides is 1. The molecule has 0 saturated carbocycles. The molecule has 1 aromatic rings. The smallest absolute Gasteiger partial charge is 0.432 e. The van der Waals surface area contributed by atoms with Crippen LogP contribution in [0, 0.1) is 0 Å². The molecule has 0 bridgehead atoms. The van der Waals surface area contributed by atoms with Gasteiger partial charge in [-0.25, -0.2) is 14.8 Å². The second-order valence-electron chi connectivity index (χ2n) is 2.07. The van der Waals surface area contributed by atoms with E-state index in [0.29, 0.717) is 11.3 Å². The Hall–Kier alpha value is -2.38. The van der Waals surface area contributed by atoms with Crippen molar-refractivity contribution in [2.75, 3.05) is 5.43 Å². The van der Waals surface area contributed by atoms with Crippen LogP contribution in [0.4, 0.5) is 10.7 Å². The summed E-state index contributed by atoms with van der Waals surface area (Å²) in [5.74, 6) is 0.0785. The van der Waals surface area contributed by atoms with E-state index in [1.54, 1.807) is 6.07 Å². The lowest BCUT2D eigenvalue weighted by atomic mass is 10.7. The van der Waals surface area contributed by atoms with Crippen LogP contribution in [0.2, 0.25) is 0 Å². The molecule has 0 fully saturated rings.